The highest BCUT2D eigenvalue weighted by Gasteiger charge is 2.32. The molecule has 174 valence electrons. The van der Waals surface area contributed by atoms with Crippen LogP contribution in [0.2, 0.25) is 0 Å². The maximum atomic E-state index is 13.9. The number of rotatable bonds is 5. The molecule has 0 saturated carbocycles. The number of carbonyl (C=O) groups excluding carboxylic acids is 1. The summed E-state index contributed by atoms with van der Waals surface area (Å²) >= 11 is 1.25. The lowest BCUT2D eigenvalue weighted by Crippen LogP contribution is -2.37. The Labute approximate surface area is 199 Å². The predicted octanol–water partition coefficient (Wildman–Crippen LogP) is 4.84. The first-order chi connectivity index (χ1) is 16.5. The average Bonchev–Trinajstić information content (AvgIpc) is 3.46. The standard InChI is InChI=1S/C26H24FN3O3S/c1-16-14-17(9-11-21(16)27)28-23-20-10-12-22(32)30(18-6-3-2-4-7-18)26(20)34-24(23)25(33)29-13-5-8-19(29)15-31/h2-4,6-7,9-12,14,19,28,31H,5,8,13,15H2,1H3/t19-/m1/s1. The molecular formula is C26H24FN3O3S. The first kappa shape index (κ1) is 22.3. The number of aliphatic hydroxyl groups is 1. The van der Waals surface area contributed by atoms with Crippen molar-refractivity contribution in [2.24, 2.45) is 0 Å². The molecule has 1 aliphatic rings. The zero-order chi connectivity index (χ0) is 23.8. The number of aliphatic hydroxyl groups excluding tert-OH is 1. The Hall–Kier alpha value is -3.49. The van der Waals surface area contributed by atoms with Gasteiger partial charge in [-0.3, -0.25) is 14.2 Å². The first-order valence-electron chi connectivity index (χ1n) is 11.2. The third-order valence-electron chi connectivity index (χ3n) is 6.23. The SMILES string of the molecule is Cc1cc(Nc2c(C(=O)N3CCC[C@@H]3CO)sc3c2ccc(=O)n3-c2ccccc2)ccc1F. The lowest BCUT2D eigenvalue weighted by Gasteiger charge is -2.23. The van der Waals surface area contributed by atoms with E-state index < -0.39 is 0 Å². The molecule has 1 atom stereocenters. The number of halogens is 1. The van der Waals surface area contributed by atoms with E-state index in [-0.39, 0.29) is 29.9 Å². The predicted molar refractivity (Wildman–Crippen MR) is 133 cm³/mol. The number of aryl methyl sites for hydroxylation is 1. The Morgan fingerprint density at radius 3 is 2.71 bits per heavy atom. The molecule has 0 spiro atoms. The summed E-state index contributed by atoms with van der Waals surface area (Å²) in [5.74, 6) is -0.496. The van der Waals surface area contributed by atoms with Gasteiger partial charge < -0.3 is 15.3 Å². The number of hydrogen-bond acceptors (Lipinski definition) is 5. The van der Waals surface area contributed by atoms with Crippen molar-refractivity contribution in [2.75, 3.05) is 18.5 Å². The molecule has 4 aromatic rings. The smallest absolute Gasteiger partial charge is 0.266 e. The summed E-state index contributed by atoms with van der Waals surface area (Å²) in [7, 11) is 0. The number of para-hydroxylation sites is 1. The second kappa shape index (κ2) is 9.04. The molecule has 1 aliphatic heterocycles. The van der Waals surface area contributed by atoms with Gasteiger partial charge in [0.25, 0.3) is 11.5 Å². The number of benzene rings is 2. The number of pyridine rings is 1. The maximum absolute atomic E-state index is 13.9. The Morgan fingerprint density at radius 2 is 1.97 bits per heavy atom. The molecule has 1 amide bonds. The number of aromatic nitrogens is 1. The molecule has 0 aliphatic carbocycles. The molecule has 1 saturated heterocycles. The third-order valence-corrected chi connectivity index (χ3v) is 7.40. The Balaban J connectivity index is 1.71. The molecule has 2 aromatic carbocycles. The van der Waals surface area contributed by atoms with Crippen molar-refractivity contribution in [2.45, 2.75) is 25.8 Å². The monoisotopic (exact) mass is 477 g/mol. The zero-order valence-electron chi connectivity index (χ0n) is 18.6. The summed E-state index contributed by atoms with van der Waals surface area (Å²) in [5.41, 5.74) is 2.21. The number of nitrogens with one attached hydrogen (secondary N) is 1. The van der Waals surface area contributed by atoms with Crippen LogP contribution in [0.5, 0.6) is 0 Å². The van der Waals surface area contributed by atoms with E-state index in [1.165, 1.54) is 23.5 Å². The van der Waals surface area contributed by atoms with E-state index in [2.05, 4.69) is 5.32 Å². The quantitative estimate of drug-likeness (QED) is 0.431. The fraction of sp³-hybridized carbons (Fsp3) is 0.231. The van der Waals surface area contributed by atoms with Gasteiger partial charge in [0.2, 0.25) is 0 Å². The molecule has 0 unspecified atom stereocenters. The molecule has 6 nitrogen and oxygen atoms in total. The molecule has 0 radical (unpaired) electrons. The lowest BCUT2D eigenvalue weighted by atomic mass is 10.1. The van der Waals surface area contributed by atoms with Crippen LogP contribution in [0.3, 0.4) is 0 Å². The average molecular weight is 478 g/mol. The molecule has 3 heterocycles. The molecule has 8 heteroatoms. The number of likely N-dealkylation sites (tertiary alicyclic amines) is 1. The molecule has 1 fully saturated rings. The van der Waals surface area contributed by atoms with Crippen molar-refractivity contribution in [1.82, 2.24) is 9.47 Å². The highest BCUT2D eigenvalue weighted by atomic mass is 32.1. The van der Waals surface area contributed by atoms with Gasteiger partial charge in [-0.1, -0.05) is 18.2 Å². The van der Waals surface area contributed by atoms with Crippen molar-refractivity contribution >= 4 is 38.8 Å². The minimum Gasteiger partial charge on any atom is -0.394 e. The summed E-state index contributed by atoms with van der Waals surface area (Å²) in [6, 6.07) is 17.0. The number of thiophene rings is 1. The Kier molecular flexibility index (Phi) is 5.93. The van der Waals surface area contributed by atoms with E-state index >= 15 is 0 Å². The fourth-order valence-corrected chi connectivity index (χ4v) is 5.70. The molecular weight excluding hydrogens is 453 g/mol. The molecule has 0 bridgehead atoms. The van der Waals surface area contributed by atoms with Crippen LogP contribution in [0.4, 0.5) is 15.8 Å². The third kappa shape index (κ3) is 3.89. The van der Waals surface area contributed by atoms with Crippen LogP contribution in [0.25, 0.3) is 15.9 Å². The fourth-order valence-electron chi connectivity index (χ4n) is 4.47. The van der Waals surface area contributed by atoms with Crippen LogP contribution in [-0.4, -0.2) is 39.7 Å². The molecule has 2 N–H and O–H groups in total. The molecule has 5 rings (SSSR count). The minimum absolute atomic E-state index is 0.0920. The van der Waals surface area contributed by atoms with Gasteiger partial charge in [0.1, 0.15) is 15.5 Å². The number of amides is 1. The van der Waals surface area contributed by atoms with Crippen molar-refractivity contribution in [3.05, 3.63) is 87.3 Å². The van der Waals surface area contributed by atoms with E-state index in [0.29, 0.717) is 38.9 Å². The number of hydrogen-bond donors (Lipinski definition) is 2. The van der Waals surface area contributed by atoms with Gasteiger partial charge in [0.05, 0.1) is 24.0 Å². The van der Waals surface area contributed by atoms with Crippen LogP contribution >= 0.6 is 11.3 Å². The Bertz CT molecular complexity index is 1430. The zero-order valence-corrected chi connectivity index (χ0v) is 19.4. The summed E-state index contributed by atoms with van der Waals surface area (Å²) in [4.78, 5) is 29.4. The first-order valence-corrected chi connectivity index (χ1v) is 12.0. The summed E-state index contributed by atoms with van der Waals surface area (Å²) < 4.78 is 15.5. The van der Waals surface area contributed by atoms with Gasteiger partial charge in [-0.05, 0) is 61.7 Å². The van der Waals surface area contributed by atoms with Gasteiger partial charge in [0.15, 0.2) is 0 Å². The van der Waals surface area contributed by atoms with E-state index in [9.17, 15) is 19.1 Å². The summed E-state index contributed by atoms with van der Waals surface area (Å²) in [6.45, 7) is 2.16. The number of anilines is 2. The number of carbonyl (C=O) groups is 1. The van der Waals surface area contributed by atoms with Crippen molar-refractivity contribution in [3.63, 3.8) is 0 Å². The van der Waals surface area contributed by atoms with Gasteiger partial charge in [-0.15, -0.1) is 11.3 Å². The second-order valence-corrected chi connectivity index (χ2v) is 9.43. The maximum Gasteiger partial charge on any atom is 0.266 e. The minimum atomic E-state index is -0.308. The van der Waals surface area contributed by atoms with Gasteiger partial charge in [-0.25, -0.2) is 4.39 Å². The summed E-state index contributed by atoms with van der Waals surface area (Å²) in [6.07, 6.45) is 1.58. The van der Waals surface area contributed by atoms with Gasteiger partial charge >= 0.3 is 0 Å². The Morgan fingerprint density at radius 1 is 1.18 bits per heavy atom. The van der Waals surface area contributed by atoms with Crippen LogP contribution in [0, 0.1) is 12.7 Å². The van der Waals surface area contributed by atoms with Crippen LogP contribution in [0.15, 0.2) is 65.5 Å². The highest BCUT2D eigenvalue weighted by Crippen LogP contribution is 2.39. The van der Waals surface area contributed by atoms with Crippen LogP contribution in [-0.2, 0) is 0 Å². The topological polar surface area (TPSA) is 74.6 Å². The van der Waals surface area contributed by atoms with E-state index in [0.717, 1.165) is 18.2 Å². The second-order valence-electron chi connectivity index (χ2n) is 8.43. The highest BCUT2D eigenvalue weighted by molar-refractivity contribution is 7.21. The van der Waals surface area contributed by atoms with Crippen molar-refractivity contribution < 1.29 is 14.3 Å². The van der Waals surface area contributed by atoms with Crippen LogP contribution in [0.1, 0.15) is 28.1 Å². The van der Waals surface area contributed by atoms with Crippen molar-refractivity contribution in [3.8, 4) is 5.69 Å². The van der Waals surface area contributed by atoms with E-state index in [4.69, 9.17) is 0 Å². The molecule has 34 heavy (non-hydrogen) atoms. The van der Waals surface area contributed by atoms with Crippen LogP contribution < -0.4 is 10.9 Å². The molecule has 2 aromatic heterocycles. The van der Waals surface area contributed by atoms with Gasteiger partial charge in [-0.2, -0.15) is 0 Å². The summed E-state index contributed by atoms with van der Waals surface area (Å²) in [5, 5.41) is 13.8. The van der Waals surface area contributed by atoms with E-state index in [1.807, 2.05) is 30.3 Å². The number of nitrogens with zero attached hydrogens (tertiary/aromatic N) is 2. The normalized spacial score (nSPS) is 15.7. The largest absolute Gasteiger partial charge is 0.394 e. The van der Waals surface area contributed by atoms with Gasteiger partial charge in [0, 0.05) is 23.7 Å². The van der Waals surface area contributed by atoms with Crippen molar-refractivity contribution in [1.29, 1.82) is 0 Å². The van der Waals surface area contributed by atoms with E-state index in [1.54, 1.807) is 34.6 Å². The lowest BCUT2D eigenvalue weighted by molar-refractivity contribution is 0.0683. The number of fused-ring (bicyclic) bond motifs is 1.